The Labute approximate surface area is 118 Å². The van der Waals surface area contributed by atoms with Gasteiger partial charge in [-0.3, -0.25) is 4.79 Å². The molecule has 2 nitrogen and oxygen atoms in total. The number of rotatable bonds is 2. The summed E-state index contributed by atoms with van der Waals surface area (Å²) in [6.45, 7) is 0.501. The highest BCUT2D eigenvalue weighted by atomic mass is 79.9. The summed E-state index contributed by atoms with van der Waals surface area (Å²) in [5, 5.41) is 4.74. The van der Waals surface area contributed by atoms with Crippen LogP contribution in [0.15, 0.2) is 46.3 Å². The molecule has 1 N–H and O–H groups in total. The Morgan fingerprint density at radius 3 is 2.72 bits per heavy atom. The van der Waals surface area contributed by atoms with Crippen LogP contribution in [0.25, 0.3) is 0 Å². The van der Waals surface area contributed by atoms with Gasteiger partial charge in [0.25, 0.3) is 5.91 Å². The van der Waals surface area contributed by atoms with Crippen molar-refractivity contribution < 1.29 is 4.79 Å². The van der Waals surface area contributed by atoms with Crippen LogP contribution in [-0.2, 0) is 11.3 Å². The van der Waals surface area contributed by atoms with E-state index in [0.717, 1.165) is 14.9 Å². The fourth-order valence-corrected chi connectivity index (χ4v) is 2.74. The van der Waals surface area contributed by atoms with Gasteiger partial charge in [-0.05, 0) is 39.5 Å². The van der Waals surface area contributed by atoms with Crippen LogP contribution in [0.4, 0.5) is 0 Å². The van der Waals surface area contributed by atoms with Crippen LogP contribution in [0.3, 0.4) is 0 Å². The van der Waals surface area contributed by atoms with Crippen LogP contribution in [0, 0.1) is 11.8 Å². The molecule has 0 aliphatic carbocycles. The second kappa shape index (κ2) is 6.39. The second-order valence-corrected chi connectivity index (χ2v) is 5.35. The summed E-state index contributed by atoms with van der Waals surface area (Å²) in [7, 11) is 0. The monoisotopic (exact) mass is 319 g/mol. The van der Waals surface area contributed by atoms with Crippen LogP contribution >= 0.6 is 27.3 Å². The molecular weight excluding hydrogens is 310 g/mol. The molecule has 2 rings (SSSR count). The van der Waals surface area contributed by atoms with Crippen LogP contribution < -0.4 is 5.32 Å². The summed E-state index contributed by atoms with van der Waals surface area (Å²) in [6, 6.07) is 11.4. The summed E-state index contributed by atoms with van der Waals surface area (Å²) in [5.41, 5.74) is 0.838. The van der Waals surface area contributed by atoms with Gasteiger partial charge in [0.15, 0.2) is 0 Å². The molecule has 18 heavy (non-hydrogen) atoms. The lowest BCUT2D eigenvalue weighted by Crippen LogP contribution is -2.20. The van der Waals surface area contributed by atoms with Gasteiger partial charge in [-0.2, -0.15) is 0 Å². The minimum Gasteiger partial charge on any atom is -0.340 e. The molecule has 1 aromatic heterocycles. The average molecular weight is 320 g/mol. The number of carbonyl (C=O) groups is 1. The zero-order valence-electron chi connectivity index (χ0n) is 9.44. The molecule has 0 bridgehead atoms. The lowest BCUT2D eigenvalue weighted by Gasteiger charge is -1.98. The largest absolute Gasteiger partial charge is 0.340 e. The minimum absolute atomic E-state index is 0.265. The van der Waals surface area contributed by atoms with Crippen molar-refractivity contribution in [1.82, 2.24) is 5.32 Å². The van der Waals surface area contributed by atoms with Crippen molar-refractivity contribution in [2.24, 2.45) is 0 Å². The molecule has 0 aliphatic rings. The van der Waals surface area contributed by atoms with Crippen LogP contribution in [-0.4, -0.2) is 5.91 Å². The van der Waals surface area contributed by atoms with E-state index in [0.29, 0.717) is 6.54 Å². The van der Waals surface area contributed by atoms with E-state index >= 15 is 0 Å². The second-order valence-electron chi connectivity index (χ2n) is 3.49. The summed E-state index contributed by atoms with van der Waals surface area (Å²) in [5.74, 6) is 5.12. The number of halogens is 1. The third-order valence-electron chi connectivity index (χ3n) is 2.19. The molecule has 4 heteroatoms. The van der Waals surface area contributed by atoms with Crippen molar-refractivity contribution in [3.63, 3.8) is 0 Å². The Kier molecular flexibility index (Phi) is 4.57. The van der Waals surface area contributed by atoms with Crippen molar-refractivity contribution in [2.45, 2.75) is 6.54 Å². The van der Waals surface area contributed by atoms with Gasteiger partial charge in [0.2, 0.25) is 0 Å². The molecule has 1 aromatic carbocycles. The van der Waals surface area contributed by atoms with E-state index in [1.54, 1.807) is 11.3 Å². The molecule has 0 saturated heterocycles. The van der Waals surface area contributed by atoms with Gasteiger partial charge in [0.1, 0.15) is 0 Å². The Bertz CT molecular complexity index is 595. The maximum Gasteiger partial charge on any atom is 0.296 e. The third-order valence-corrected chi connectivity index (χ3v) is 4.12. The molecule has 0 atom stereocenters. The van der Waals surface area contributed by atoms with Crippen molar-refractivity contribution in [2.75, 3.05) is 0 Å². The highest BCUT2D eigenvalue weighted by Gasteiger charge is 2.02. The first-order chi connectivity index (χ1) is 8.75. The summed E-state index contributed by atoms with van der Waals surface area (Å²) in [4.78, 5) is 12.6. The Morgan fingerprint density at radius 2 is 2.06 bits per heavy atom. The first-order valence-corrected chi connectivity index (χ1v) is 7.00. The molecule has 2 aromatic rings. The van der Waals surface area contributed by atoms with Gasteiger partial charge in [0.05, 0.1) is 6.54 Å². The maximum atomic E-state index is 11.5. The van der Waals surface area contributed by atoms with Gasteiger partial charge in [-0.25, -0.2) is 0 Å². The van der Waals surface area contributed by atoms with E-state index in [9.17, 15) is 4.79 Å². The maximum absolute atomic E-state index is 11.5. The van der Waals surface area contributed by atoms with Crippen molar-refractivity contribution in [3.8, 4) is 11.8 Å². The minimum atomic E-state index is -0.265. The van der Waals surface area contributed by atoms with E-state index in [-0.39, 0.29) is 5.91 Å². The predicted octanol–water partition coefficient (Wildman–Crippen LogP) is 3.18. The van der Waals surface area contributed by atoms with Crippen molar-refractivity contribution in [1.29, 1.82) is 0 Å². The molecule has 0 aliphatic heterocycles. The Balaban J connectivity index is 1.90. The van der Waals surface area contributed by atoms with Gasteiger partial charge >= 0.3 is 0 Å². The zero-order chi connectivity index (χ0) is 12.8. The number of amides is 1. The zero-order valence-corrected chi connectivity index (χ0v) is 11.8. The van der Waals surface area contributed by atoms with E-state index in [1.165, 1.54) is 0 Å². The molecule has 1 amide bonds. The number of carbonyl (C=O) groups excluding carboxylic acids is 1. The fraction of sp³-hybridized carbons (Fsp3) is 0.0714. The fourth-order valence-electron chi connectivity index (χ4n) is 1.31. The SMILES string of the molecule is O=C(C#Cc1ccccc1)NCc1sccc1Br. The first-order valence-electron chi connectivity index (χ1n) is 5.32. The molecule has 0 radical (unpaired) electrons. The molecule has 0 unspecified atom stereocenters. The van der Waals surface area contributed by atoms with Gasteiger partial charge in [-0.1, -0.05) is 24.1 Å². The van der Waals surface area contributed by atoms with Crippen molar-refractivity contribution in [3.05, 3.63) is 56.7 Å². The molecule has 0 saturated carbocycles. The van der Waals surface area contributed by atoms with Gasteiger partial charge in [-0.15, -0.1) is 11.3 Å². The van der Waals surface area contributed by atoms with Crippen molar-refractivity contribution >= 4 is 33.2 Å². The summed E-state index contributed by atoms with van der Waals surface area (Å²) < 4.78 is 1.02. The number of hydrogen-bond donors (Lipinski definition) is 1. The standard InChI is InChI=1S/C14H10BrNOS/c15-12-8-9-18-13(12)10-16-14(17)7-6-11-4-2-1-3-5-11/h1-5,8-9H,10H2,(H,16,17). The molecule has 1 heterocycles. The third kappa shape index (κ3) is 3.73. The lowest BCUT2D eigenvalue weighted by atomic mass is 10.2. The first kappa shape index (κ1) is 12.9. The predicted molar refractivity (Wildman–Crippen MR) is 77.2 cm³/mol. The Hall–Kier alpha value is -1.57. The van der Waals surface area contributed by atoms with Gasteiger partial charge in [0, 0.05) is 20.8 Å². The highest BCUT2D eigenvalue weighted by Crippen LogP contribution is 2.21. The van der Waals surface area contributed by atoms with Crippen LogP contribution in [0.5, 0.6) is 0 Å². The molecule has 0 spiro atoms. The summed E-state index contributed by atoms with van der Waals surface area (Å²) in [6.07, 6.45) is 0. The smallest absolute Gasteiger partial charge is 0.296 e. The van der Waals surface area contributed by atoms with Gasteiger partial charge < -0.3 is 5.32 Å². The summed E-state index contributed by atoms with van der Waals surface area (Å²) >= 11 is 5.01. The highest BCUT2D eigenvalue weighted by molar-refractivity contribution is 9.10. The lowest BCUT2D eigenvalue weighted by molar-refractivity contribution is -0.115. The van der Waals surface area contributed by atoms with Crippen LogP contribution in [0.2, 0.25) is 0 Å². The quantitative estimate of drug-likeness (QED) is 0.846. The van der Waals surface area contributed by atoms with Crippen LogP contribution in [0.1, 0.15) is 10.4 Å². The molecular formula is C14H10BrNOS. The van der Waals surface area contributed by atoms with E-state index in [2.05, 4.69) is 33.1 Å². The van der Waals surface area contributed by atoms with E-state index < -0.39 is 0 Å². The number of benzene rings is 1. The number of thiophene rings is 1. The topological polar surface area (TPSA) is 29.1 Å². The number of nitrogens with one attached hydrogen (secondary N) is 1. The normalized spacial score (nSPS) is 9.39. The number of hydrogen-bond acceptors (Lipinski definition) is 2. The molecule has 90 valence electrons. The molecule has 0 fully saturated rings. The van der Waals surface area contributed by atoms with E-state index in [1.807, 2.05) is 41.8 Å². The van der Waals surface area contributed by atoms with E-state index in [4.69, 9.17) is 0 Å². The average Bonchev–Trinajstić information content (AvgIpc) is 2.81. The Morgan fingerprint density at radius 1 is 1.28 bits per heavy atom.